The van der Waals surface area contributed by atoms with E-state index in [2.05, 4.69) is 28.6 Å². The van der Waals surface area contributed by atoms with Gasteiger partial charge in [0.25, 0.3) is 0 Å². The maximum atomic E-state index is 6.04. The van der Waals surface area contributed by atoms with Crippen molar-refractivity contribution in [2.45, 2.75) is 19.7 Å². The van der Waals surface area contributed by atoms with Gasteiger partial charge in [-0.1, -0.05) is 36.8 Å². The zero-order valence-corrected chi connectivity index (χ0v) is 13.2. The van der Waals surface area contributed by atoms with Gasteiger partial charge in [-0.15, -0.1) is 11.6 Å². The summed E-state index contributed by atoms with van der Waals surface area (Å²) >= 11 is 13.5. The molecule has 1 aromatic rings. The van der Waals surface area contributed by atoms with E-state index in [0.717, 1.165) is 42.1 Å². The van der Waals surface area contributed by atoms with Crippen molar-refractivity contribution in [3.05, 3.63) is 10.0 Å². The van der Waals surface area contributed by atoms with Gasteiger partial charge in [-0.25, -0.2) is 4.98 Å². The number of thiazole rings is 1. The Kier molecular flexibility index (Phi) is 5.13. The molecule has 0 atom stereocenters. The van der Waals surface area contributed by atoms with Crippen molar-refractivity contribution in [3.8, 4) is 0 Å². The number of hydrogen-bond donors (Lipinski definition) is 0. The van der Waals surface area contributed by atoms with Crippen LogP contribution in [-0.4, -0.2) is 42.6 Å². The van der Waals surface area contributed by atoms with Crippen molar-refractivity contribution >= 4 is 39.7 Å². The zero-order valence-electron chi connectivity index (χ0n) is 10.8. The van der Waals surface area contributed by atoms with Crippen LogP contribution in [0.15, 0.2) is 0 Å². The molecule has 0 saturated carbocycles. The minimum absolute atomic E-state index is 0.448. The number of rotatable bonds is 4. The first-order chi connectivity index (χ1) is 8.60. The second-order valence-corrected chi connectivity index (χ2v) is 6.71. The lowest BCUT2D eigenvalue weighted by atomic mass is 10.2. The number of nitrogens with zero attached hydrogens (tertiary/aromatic N) is 3. The smallest absolute Gasteiger partial charge is 0.187 e. The van der Waals surface area contributed by atoms with Crippen molar-refractivity contribution in [2.75, 3.05) is 37.6 Å². The molecule has 6 heteroatoms. The summed E-state index contributed by atoms with van der Waals surface area (Å²) in [4.78, 5) is 10.2. The first kappa shape index (κ1) is 14.4. The van der Waals surface area contributed by atoms with Gasteiger partial charge >= 0.3 is 0 Å². The summed E-state index contributed by atoms with van der Waals surface area (Å²) in [6, 6.07) is 0. The van der Waals surface area contributed by atoms with Crippen molar-refractivity contribution in [3.63, 3.8) is 0 Å². The first-order valence-corrected chi connectivity index (χ1v) is 8.01. The second kappa shape index (κ2) is 6.42. The Balaban J connectivity index is 1.92. The van der Waals surface area contributed by atoms with E-state index in [1.807, 2.05) is 0 Å². The van der Waals surface area contributed by atoms with E-state index < -0.39 is 0 Å². The monoisotopic (exact) mass is 307 g/mol. The van der Waals surface area contributed by atoms with Crippen LogP contribution >= 0.6 is 34.5 Å². The Morgan fingerprint density at radius 3 is 2.44 bits per heavy atom. The van der Waals surface area contributed by atoms with Gasteiger partial charge in [0.05, 0.1) is 10.8 Å². The Hall–Kier alpha value is -0.0300. The molecule has 3 nitrogen and oxygen atoms in total. The minimum Gasteiger partial charge on any atom is -0.345 e. The van der Waals surface area contributed by atoms with Crippen molar-refractivity contribution < 1.29 is 0 Å². The van der Waals surface area contributed by atoms with Crippen LogP contribution < -0.4 is 4.90 Å². The Morgan fingerprint density at radius 2 is 1.94 bits per heavy atom. The van der Waals surface area contributed by atoms with Gasteiger partial charge in [0.1, 0.15) is 5.15 Å². The topological polar surface area (TPSA) is 19.4 Å². The van der Waals surface area contributed by atoms with Gasteiger partial charge in [-0.3, -0.25) is 4.90 Å². The summed E-state index contributed by atoms with van der Waals surface area (Å²) in [6.07, 6.45) is 0. The van der Waals surface area contributed by atoms with Crippen LogP contribution in [-0.2, 0) is 5.88 Å². The van der Waals surface area contributed by atoms with Crippen molar-refractivity contribution in [1.29, 1.82) is 0 Å². The number of aromatic nitrogens is 1. The van der Waals surface area contributed by atoms with Crippen LogP contribution in [0.25, 0.3) is 0 Å². The van der Waals surface area contributed by atoms with Gasteiger partial charge in [-0.05, 0) is 5.92 Å². The number of alkyl halides is 1. The fourth-order valence-electron chi connectivity index (χ4n) is 2.18. The van der Waals surface area contributed by atoms with Gasteiger partial charge < -0.3 is 4.90 Å². The highest BCUT2D eigenvalue weighted by atomic mass is 35.5. The van der Waals surface area contributed by atoms with Gasteiger partial charge in [0.2, 0.25) is 0 Å². The van der Waals surface area contributed by atoms with E-state index in [4.69, 9.17) is 23.2 Å². The van der Waals surface area contributed by atoms with Gasteiger partial charge in [0, 0.05) is 32.7 Å². The molecule has 0 N–H and O–H groups in total. The summed E-state index contributed by atoms with van der Waals surface area (Å²) < 4.78 is 0. The number of piperazine rings is 1. The highest BCUT2D eigenvalue weighted by Crippen LogP contribution is 2.31. The Bertz CT molecular complexity index is 387. The van der Waals surface area contributed by atoms with Crippen molar-refractivity contribution in [1.82, 2.24) is 9.88 Å². The normalized spacial score (nSPS) is 17.7. The predicted molar refractivity (Wildman–Crippen MR) is 80.2 cm³/mol. The van der Waals surface area contributed by atoms with Crippen LogP contribution in [0.1, 0.15) is 18.7 Å². The molecule has 0 spiro atoms. The largest absolute Gasteiger partial charge is 0.345 e. The van der Waals surface area contributed by atoms with E-state index in [9.17, 15) is 0 Å². The summed E-state index contributed by atoms with van der Waals surface area (Å²) in [5.41, 5.74) is 0. The molecule has 2 heterocycles. The van der Waals surface area contributed by atoms with Crippen LogP contribution in [0.3, 0.4) is 0 Å². The third kappa shape index (κ3) is 3.50. The predicted octanol–water partition coefficient (Wildman–Crippen LogP) is 3.31. The van der Waals surface area contributed by atoms with Gasteiger partial charge in [0.15, 0.2) is 5.13 Å². The second-order valence-electron chi connectivity index (χ2n) is 5.03. The van der Waals surface area contributed by atoms with E-state index in [1.165, 1.54) is 6.54 Å². The van der Waals surface area contributed by atoms with Crippen LogP contribution in [0.4, 0.5) is 5.13 Å². The fraction of sp³-hybridized carbons (Fsp3) is 0.750. The molecule has 1 aliphatic rings. The SMILES string of the molecule is CC(C)CN1CCN(c2nc(Cl)c(CCl)s2)CC1. The summed E-state index contributed by atoms with van der Waals surface area (Å²) in [7, 11) is 0. The summed E-state index contributed by atoms with van der Waals surface area (Å²) in [5, 5.41) is 1.58. The summed E-state index contributed by atoms with van der Waals surface area (Å²) in [5.74, 6) is 1.18. The molecule has 0 aromatic carbocycles. The molecule has 1 saturated heterocycles. The maximum Gasteiger partial charge on any atom is 0.187 e. The van der Waals surface area contributed by atoms with Crippen LogP contribution in [0, 0.1) is 5.92 Å². The lowest BCUT2D eigenvalue weighted by Crippen LogP contribution is -2.47. The molecule has 0 unspecified atom stereocenters. The quantitative estimate of drug-likeness (QED) is 0.796. The Labute approximate surface area is 123 Å². The molecule has 1 aromatic heterocycles. The number of anilines is 1. The molecule has 0 amide bonds. The lowest BCUT2D eigenvalue weighted by molar-refractivity contribution is 0.231. The molecule has 1 aliphatic heterocycles. The first-order valence-electron chi connectivity index (χ1n) is 6.28. The molecule has 102 valence electrons. The average molecular weight is 308 g/mol. The average Bonchev–Trinajstić information content (AvgIpc) is 2.71. The fourth-order valence-corrected chi connectivity index (χ4v) is 3.70. The van der Waals surface area contributed by atoms with E-state index >= 15 is 0 Å². The third-order valence-corrected chi connectivity index (χ3v) is 4.99. The molecule has 0 bridgehead atoms. The van der Waals surface area contributed by atoms with Crippen molar-refractivity contribution in [2.24, 2.45) is 5.92 Å². The van der Waals surface area contributed by atoms with Gasteiger partial charge in [-0.2, -0.15) is 0 Å². The highest BCUT2D eigenvalue weighted by molar-refractivity contribution is 7.16. The maximum absolute atomic E-state index is 6.04. The molecular formula is C12H19Cl2N3S. The molecule has 18 heavy (non-hydrogen) atoms. The van der Waals surface area contributed by atoms with E-state index in [1.54, 1.807) is 11.3 Å². The third-order valence-electron chi connectivity index (χ3n) is 3.03. The molecule has 0 radical (unpaired) electrons. The molecule has 1 fully saturated rings. The highest BCUT2D eigenvalue weighted by Gasteiger charge is 2.21. The van der Waals surface area contributed by atoms with Crippen LogP contribution in [0.5, 0.6) is 0 Å². The van der Waals surface area contributed by atoms with Crippen LogP contribution in [0.2, 0.25) is 5.15 Å². The summed E-state index contributed by atoms with van der Waals surface area (Å²) in [6.45, 7) is 9.96. The Morgan fingerprint density at radius 1 is 1.28 bits per heavy atom. The minimum atomic E-state index is 0.448. The van der Waals surface area contributed by atoms with E-state index in [0.29, 0.717) is 11.0 Å². The van der Waals surface area contributed by atoms with E-state index in [-0.39, 0.29) is 0 Å². The standard InChI is InChI=1S/C12H19Cl2N3S/c1-9(2)8-16-3-5-17(6-4-16)12-15-11(14)10(7-13)18-12/h9H,3-8H2,1-2H3. The molecule has 0 aliphatic carbocycles. The molecule has 2 rings (SSSR count). The zero-order chi connectivity index (χ0) is 13.1. The lowest BCUT2D eigenvalue weighted by Gasteiger charge is -2.35. The molecular weight excluding hydrogens is 289 g/mol. The number of halogens is 2. The number of hydrogen-bond acceptors (Lipinski definition) is 4.